The molecule has 4 rings (SSSR count). The molecule has 0 saturated carbocycles. The molecule has 0 bridgehead atoms. The molecule has 2 aromatic rings. The number of H-pyrrole nitrogens is 1. The van der Waals surface area contributed by atoms with Crippen LogP contribution in [-0.2, 0) is 22.3 Å². The minimum atomic E-state index is -2.30. The van der Waals surface area contributed by atoms with Crippen molar-refractivity contribution in [3.8, 4) is 0 Å². The van der Waals surface area contributed by atoms with Gasteiger partial charge in [0.2, 0.25) is 0 Å². The number of aromatic amines is 1. The monoisotopic (exact) mass is 438 g/mol. The number of hydrogen-bond donors (Lipinski definition) is 1. The van der Waals surface area contributed by atoms with Gasteiger partial charge in [-0.2, -0.15) is 0 Å². The molecule has 10 nitrogen and oxygen atoms in total. The van der Waals surface area contributed by atoms with Crippen LogP contribution in [0, 0.1) is 0 Å². The molecule has 4 atom stereocenters. The van der Waals surface area contributed by atoms with E-state index in [9.17, 15) is 9.59 Å². The topological polar surface area (TPSA) is 118 Å². The Morgan fingerprint density at radius 1 is 1.31 bits per heavy atom. The first kappa shape index (κ1) is 20.3. The van der Waals surface area contributed by atoms with Crippen LogP contribution in [0.5, 0.6) is 0 Å². The van der Waals surface area contributed by atoms with E-state index in [1.807, 2.05) is 19.0 Å². The van der Waals surface area contributed by atoms with Gasteiger partial charge in [-0.05, 0) is 18.1 Å². The maximum Gasteiger partial charge on any atom is 0.278 e. The molecule has 0 unspecified atom stereocenters. The minimum Gasteiger partial charge on any atom is -0.537 e. The number of imidazole rings is 1. The highest BCUT2D eigenvalue weighted by Crippen LogP contribution is 2.46. The lowest BCUT2D eigenvalue weighted by atomic mass is 10.1. The van der Waals surface area contributed by atoms with Gasteiger partial charge in [0.25, 0.3) is 13.9 Å². The lowest BCUT2D eigenvalue weighted by Gasteiger charge is -2.37. The molecule has 4 heterocycles. The molecule has 0 aliphatic carbocycles. The van der Waals surface area contributed by atoms with Crippen molar-refractivity contribution in [3.63, 3.8) is 0 Å². The van der Waals surface area contributed by atoms with Gasteiger partial charge in [-0.3, -0.25) is 17.7 Å². The Kier molecular flexibility index (Phi) is 4.96. The molecular weight excluding hydrogens is 416 g/mol. The Morgan fingerprint density at radius 3 is 2.72 bits per heavy atom. The van der Waals surface area contributed by atoms with E-state index in [0.29, 0.717) is 5.65 Å². The van der Waals surface area contributed by atoms with Crippen LogP contribution in [0.25, 0.3) is 11.2 Å². The fraction of sp³-hybridized carbons (Fsp3) is 0.588. The third-order valence-electron chi connectivity index (χ3n) is 5.66. The van der Waals surface area contributed by atoms with Crippen LogP contribution in [0.4, 0.5) is 0 Å². The summed E-state index contributed by atoms with van der Waals surface area (Å²) in [7, 11) is -2.30. The minimum absolute atomic E-state index is 0.0652. The standard InChI is InChI=1S/C17H22N4O6SSi/c1-17(2,3)29(4,5)27-9(6-22)11-12-13(26-28-25-12)16(24-11)21-8-20-10-14(21)18-7-19-15(10)23/h7-8,11-13,16H,1-5H3,(H,18,19,23)/t11-,12-,13-,16-/m1/s1. The highest BCUT2D eigenvalue weighted by molar-refractivity contribution is 7.90. The number of nitrogens with one attached hydrogen (secondary N) is 1. The Bertz CT molecular complexity index is 1040. The van der Waals surface area contributed by atoms with E-state index in [2.05, 4.69) is 35.7 Å². The molecule has 2 aliphatic heterocycles. The van der Waals surface area contributed by atoms with E-state index in [1.165, 1.54) is 12.7 Å². The lowest BCUT2D eigenvalue weighted by molar-refractivity contribution is -0.0283. The molecular formula is C17H22N4O6SSi. The van der Waals surface area contributed by atoms with Crippen LogP contribution >= 0.6 is 12.3 Å². The summed E-state index contributed by atoms with van der Waals surface area (Å²) in [6.45, 7) is 10.3. The Morgan fingerprint density at radius 2 is 2.03 bits per heavy atom. The van der Waals surface area contributed by atoms with E-state index < -0.39 is 32.9 Å². The lowest BCUT2D eigenvalue weighted by Crippen LogP contribution is -2.43. The number of hydrogen-bond acceptors (Lipinski definition) is 9. The smallest absolute Gasteiger partial charge is 0.278 e. The molecule has 12 heteroatoms. The zero-order valence-corrected chi connectivity index (χ0v) is 18.5. The van der Waals surface area contributed by atoms with Gasteiger partial charge in [-0.15, -0.1) is 0 Å². The van der Waals surface area contributed by atoms with E-state index >= 15 is 0 Å². The summed E-state index contributed by atoms with van der Waals surface area (Å²) in [5.41, 5.74) is 0.180. The van der Waals surface area contributed by atoms with Crippen LogP contribution in [0.3, 0.4) is 0 Å². The van der Waals surface area contributed by atoms with Crippen LogP contribution in [0.1, 0.15) is 27.0 Å². The Hall–Kier alpha value is -1.95. The maximum absolute atomic E-state index is 12.0. The number of aromatic nitrogens is 4. The van der Waals surface area contributed by atoms with E-state index in [-0.39, 0.29) is 21.9 Å². The summed E-state index contributed by atoms with van der Waals surface area (Å²) in [5, 5.41) is -0.111. The number of ether oxygens (including phenoxy) is 1. The fourth-order valence-corrected chi connectivity index (χ4v) is 4.67. The zero-order valence-electron chi connectivity index (χ0n) is 16.7. The van der Waals surface area contributed by atoms with Crippen molar-refractivity contribution in [2.24, 2.45) is 0 Å². The van der Waals surface area contributed by atoms with Gasteiger partial charge in [0.05, 0.1) is 12.7 Å². The first-order valence-corrected chi connectivity index (χ1v) is 12.7. The van der Waals surface area contributed by atoms with Crippen LogP contribution in [0.2, 0.25) is 18.1 Å². The normalized spacial score (nSPS) is 27.1. The molecule has 0 spiro atoms. The van der Waals surface area contributed by atoms with Crippen LogP contribution in [-0.4, -0.2) is 52.1 Å². The first-order valence-electron chi connectivity index (χ1n) is 9.12. The fourth-order valence-electron chi connectivity index (χ4n) is 3.01. The van der Waals surface area contributed by atoms with Gasteiger partial charge in [0, 0.05) is 0 Å². The van der Waals surface area contributed by atoms with E-state index in [4.69, 9.17) is 17.5 Å². The molecule has 2 fully saturated rings. The third kappa shape index (κ3) is 3.35. The molecule has 0 amide bonds. The molecule has 0 radical (unpaired) electrons. The molecule has 29 heavy (non-hydrogen) atoms. The van der Waals surface area contributed by atoms with Crippen molar-refractivity contribution < 1.29 is 22.3 Å². The predicted octanol–water partition coefficient (Wildman–Crippen LogP) is 2.10. The summed E-state index contributed by atoms with van der Waals surface area (Å²) in [5.74, 6) is 1.98. The molecule has 2 aromatic heterocycles. The second kappa shape index (κ2) is 7.08. The number of carbonyl (C=O) groups excluding carboxylic acids is 1. The van der Waals surface area contributed by atoms with E-state index in [0.717, 1.165) is 12.3 Å². The molecule has 156 valence electrons. The van der Waals surface area contributed by atoms with E-state index in [1.54, 1.807) is 4.57 Å². The quantitative estimate of drug-likeness (QED) is 0.331. The highest BCUT2D eigenvalue weighted by atomic mass is 32.2. The SMILES string of the molecule is CC(C)(C)[Si](C)(C)OC(=C=O)[C@H]1O[C@@H](n2cnc3c(=O)[nH]cnc32)[C@@H]2OSO[C@@H]21. The van der Waals surface area contributed by atoms with Gasteiger partial charge >= 0.3 is 0 Å². The average molecular weight is 439 g/mol. The second-order valence-electron chi connectivity index (χ2n) is 8.52. The number of fused-ring (bicyclic) bond motifs is 2. The summed E-state index contributed by atoms with van der Waals surface area (Å²) >= 11 is 0.841. The average Bonchev–Trinajstić information content (AvgIpc) is 3.34. The summed E-state index contributed by atoms with van der Waals surface area (Å²) < 4.78 is 25.2. The van der Waals surface area contributed by atoms with Gasteiger partial charge in [-0.1, -0.05) is 20.8 Å². The van der Waals surface area contributed by atoms with Gasteiger partial charge < -0.3 is 14.1 Å². The Labute approximate surface area is 172 Å². The third-order valence-corrected chi connectivity index (χ3v) is 10.6. The largest absolute Gasteiger partial charge is 0.537 e. The van der Waals surface area contributed by atoms with Crippen molar-refractivity contribution in [3.05, 3.63) is 28.8 Å². The molecule has 1 N–H and O–H groups in total. The van der Waals surface area contributed by atoms with Gasteiger partial charge in [0.15, 0.2) is 53.6 Å². The van der Waals surface area contributed by atoms with Crippen molar-refractivity contribution in [2.45, 2.75) is 63.4 Å². The second-order valence-corrected chi connectivity index (χ2v) is 13.8. The summed E-state index contributed by atoms with van der Waals surface area (Å²) in [4.78, 5) is 34.6. The molecule has 0 aromatic carbocycles. The molecule has 2 saturated heterocycles. The predicted molar refractivity (Wildman–Crippen MR) is 107 cm³/mol. The zero-order chi connectivity index (χ0) is 21.0. The van der Waals surface area contributed by atoms with Crippen LogP contribution < -0.4 is 5.56 Å². The van der Waals surface area contributed by atoms with Gasteiger partial charge in [-0.25, -0.2) is 14.8 Å². The maximum atomic E-state index is 12.0. The first-order chi connectivity index (χ1) is 13.6. The Balaban J connectivity index is 1.68. The number of nitrogens with zero attached hydrogens (tertiary/aromatic N) is 3. The van der Waals surface area contributed by atoms with Crippen molar-refractivity contribution in [2.75, 3.05) is 0 Å². The highest BCUT2D eigenvalue weighted by Gasteiger charge is 2.55. The van der Waals surface area contributed by atoms with Crippen molar-refractivity contribution in [1.29, 1.82) is 0 Å². The number of rotatable bonds is 4. The van der Waals surface area contributed by atoms with Crippen molar-refractivity contribution >= 4 is 37.7 Å². The van der Waals surface area contributed by atoms with Gasteiger partial charge in [0.1, 0.15) is 6.10 Å². The van der Waals surface area contributed by atoms with Crippen molar-refractivity contribution in [1.82, 2.24) is 19.5 Å². The molecule has 2 aliphatic rings. The van der Waals surface area contributed by atoms with Crippen LogP contribution in [0.15, 0.2) is 23.2 Å². The summed E-state index contributed by atoms with van der Waals surface area (Å²) in [6, 6.07) is 0. The summed E-state index contributed by atoms with van der Waals surface area (Å²) in [6.07, 6.45) is 0.130.